The number of hydrogen-bond acceptors (Lipinski definition) is 2. The number of carboxylic acid groups (broad SMARTS) is 1. The summed E-state index contributed by atoms with van der Waals surface area (Å²) in [5.41, 5.74) is 1.02. The molecule has 3 atom stereocenters. The Morgan fingerprint density at radius 2 is 2.11 bits per heavy atom. The van der Waals surface area contributed by atoms with E-state index in [1.54, 1.807) is 12.1 Å². The highest BCUT2D eigenvalue weighted by Gasteiger charge is 2.32. The molecule has 1 aliphatic rings. The largest absolute Gasteiger partial charge is 0.481 e. The maximum Gasteiger partial charge on any atom is 0.306 e. The molecule has 0 heterocycles. The Kier molecular flexibility index (Phi) is 4.53. The fourth-order valence-electron chi connectivity index (χ4n) is 2.80. The number of rotatable bonds is 5. The first kappa shape index (κ1) is 14.0. The van der Waals surface area contributed by atoms with E-state index in [9.17, 15) is 9.18 Å². The summed E-state index contributed by atoms with van der Waals surface area (Å²) in [7, 11) is 0. The molecule has 0 bridgehead atoms. The summed E-state index contributed by atoms with van der Waals surface area (Å²) in [5.74, 6) is -0.926. The molecule has 1 aromatic rings. The third kappa shape index (κ3) is 3.53. The van der Waals surface area contributed by atoms with Gasteiger partial charge in [-0.15, -0.1) is 0 Å². The van der Waals surface area contributed by atoms with Crippen molar-refractivity contribution in [3.63, 3.8) is 0 Å². The molecule has 104 valence electrons. The van der Waals surface area contributed by atoms with Crippen molar-refractivity contribution in [2.45, 2.75) is 32.2 Å². The average Bonchev–Trinajstić information content (AvgIpc) is 2.85. The summed E-state index contributed by atoms with van der Waals surface area (Å²) in [4.78, 5) is 11.1. The summed E-state index contributed by atoms with van der Waals surface area (Å²) in [6.07, 6.45) is 2.75. The van der Waals surface area contributed by atoms with Crippen LogP contribution in [0.2, 0.25) is 0 Å². The van der Waals surface area contributed by atoms with Gasteiger partial charge in [-0.3, -0.25) is 4.79 Å². The van der Waals surface area contributed by atoms with Crippen LogP contribution in [-0.2, 0) is 4.79 Å². The van der Waals surface area contributed by atoms with Crippen molar-refractivity contribution in [3.8, 4) is 0 Å². The van der Waals surface area contributed by atoms with Gasteiger partial charge >= 0.3 is 5.97 Å². The predicted octanol–water partition coefficient (Wildman–Crippen LogP) is 2.98. The number of nitrogens with one attached hydrogen (secondary N) is 1. The Morgan fingerprint density at radius 3 is 2.74 bits per heavy atom. The van der Waals surface area contributed by atoms with E-state index in [2.05, 4.69) is 5.32 Å². The maximum absolute atomic E-state index is 12.8. The predicted molar refractivity (Wildman–Crippen MR) is 71.3 cm³/mol. The van der Waals surface area contributed by atoms with E-state index in [4.69, 9.17) is 5.11 Å². The van der Waals surface area contributed by atoms with E-state index in [1.165, 1.54) is 12.1 Å². The molecule has 2 rings (SSSR count). The van der Waals surface area contributed by atoms with E-state index in [0.29, 0.717) is 6.54 Å². The zero-order valence-corrected chi connectivity index (χ0v) is 11.1. The Balaban J connectivity index is 1.88. The van der Waals surface area contributed by atoms with Crippen molar-refractivity contribution in [1.29, 1.82) is 0 Å². The molecule has 0 amide bonds. The van der Waals surface area contributed by atoms with E-state index >= 15 is 0 Å². The minimum atomic E-state index is -0.682. The molecule has 1 aliphatic carbocycles. The molecule has 3 unspecified atom stereocenters. The lowest BCUT2D eigenvalue weighted by Gasteiger charge is -2.20. The van der Waals surface area contributed by atoms with Crippen LogP contribution in [0.1, 0.15) is 37.8 Å². The number of aliphatic carboxylic acids is 1. The molecule has 0 aliphatic heterocycles. The first-order valence-corrected chi connectivity index (χ1v) is 6.79. The molecule has 1 saturated carbocycles. The zero-order chi connectivity index (χ0) is 13.8. The summed E-state index contributed by atoms with van der Waals surface area (Å²) in [6, 6.07) is 6.52. The highest BCUT2D eigenvalue weighted by Crippen LogP contribution is 2.31. The lowest BCUT2D eigenvalue weighted by Crippen LogP contribution is -2.30. The number of carbonyl (C=O) groups is 1. The van der Waals surface area contributed by atoms with Gasteiger partial charge in [0, 0.05) is 6.04 Å². The highest BCUT2D eigenvalue weighted by molar-refractivity contribution is 5.70. The summed E-state index contributed by atoms with van der Waals surface area (Å²) >= 11 is 0. The van der Waals surface area contributed by atoms with Gasteiger partial charge in [0.1, 0.15) is 5.82 Å². The van der Waals surface area contributed by atoms with Crippen molar-refractivity contribution in [2.24, 2.45) is 11.8 Å². The monoisotopic (exact) mass is 265 g/mol. The maximum atomic E-state index is 12.8. The van der Waals surface area contributed by atoms with Crippen LogP contribution in [0.5, 0.6) is 0 Å². The van der Waals surface area contributed by atoms with Gasteiger partial charge in [-0.2, -0.15) is 0 Å². The van der Waals surface area contributed by atoms with E-state index in [-0.39, 0.29) is 23.7 Å². The Hall–Kier alpha value is -1.42. The lowest BCUT2D eigenvalue weighted by molar-refractivity contribution is -0.142. The van der Waals surface area contributed by atoms with Gasteiger partial charge in [0.25, 0.3) is 0 Å². The van der Waals surface area contributed by atoms with Crippen LogP contribution in [0.15, 0.2) is 24.3 Å². The minimum absolute atomic E-state index is 0.107. The Labute approximate surface area is 112 Å². The van der Waals surface area contributed by atoms with Gasteiger partial charge in [0.2, 0.25) is 0 Å². The summed E-state index contributed by atoms with van der Waals surface area (Å²) in [5, 5.41) is 12.5. The zero-order valence-electron chi connectivity index (χ0n) is 11.1. The number of halogens is 1. The molecular weight excluding hydrogens is 245 g/mol. The fourth-order valence-corrected chi connectivity index (χ4v) is 2.80. The second-order valence-corrected chi connectivity index (χ2v) is 5.32. The lowest BCUT2D eigenvalue weighted by atomic mass is 9.95. The normalized spacial score (nSPS) is 24.3. The van der Waals surface area contributed by atoms with Gasteiger partial charge in [-0.05, 0) is 49.9 Å². The van der Waals surface area contributed by atoms with E-state index < -0.39 is 5.97 Å². The molecule has 1 fully saturated rings. The van der Waals surface area contributed by atoms with Crippen molar-refractivity contribution in [2.75, 3.05) is 6.54 Å². The molecule has 4 heteroatoms. The quantitative estimate of drug-likeness (QED) is 0.860. The van der Waals surface area contributed by atoms with Crippen LogP contribution in [0.3, 0.4) is 0 Å². The first-order chi connectivity index (χ1) is 9.08. The Morgan fingerprint density at radius 1 is 1.42 bits per heavy atom. The number of benzene rings is 1. The summed E-state index contributed by atoms with van der Waals surface area (Å²) < 4.78 is 12.8. The van der Waals surface area contributed by atoms with E-state index in [1.807, 2.05) is 6.92 Å². The van der Waals surface area contributed by atoms with Crippen molar-refractivity contribution < 1.29 is 14.3 Å². The standard InChI is InChI=1S/C15H20FNO2/c1-10(11-5-7-13(16)8-6-11)17-9-12-3-2-4-14(12)15(18)19/h5-8,10,12,14,17H,2-4,9H2,1H3,(H,18,19). The van der Waals surface area contributed by atoms with Crippen molar-refractivity contribution in [3.05, 3.63) is 35.6 Å². The minimum Gasteiger partial charge on any atom is -0.481 e. The second-order valence-electron chi connectivity index (χ2n) is 5.32. The molecule has 0 radical (unpaired) electrons. The molecular formula is C15H20FNO2. The molecule has 0 saturated heterocycles. The average molecular weight is 265 g/mol. The van der Waals surface area contributed by atoms with Gasteiger partial charge in [0.05, 0.1) is 5.92 Å². The summed E-state index contributed by atoms with van der Waals surface area (Å²) in [6.45, 7) is 2.72. The first-order valence-electron chi connectivity index (χ1n) is 6.79. The highest BCUT2D eigenvalue weighted by atomic mass is 19.1. The van der Waals surface area contributed by atoms with Crippen LogP contribution in [-0.4, -0.2) is 17.6 Å². The van der Waals surface area contributed by atoms with E-state index in [0.717, 1.165) is 24.8 Å². The van der Waals surface area contributed by atoms with Crippen molar-refractivity contribution in [1.82, 2.24) is 5.32 Å². The van der Waals surface area contributed by atoms with Crippen LogP contribution in [0.4, 0.5) is 4.39 Å². The molecule has 0 spiro atoms. The fraction of sp³-hybridized carbons (Fsp3) is 0.533. The second kappa shape index (κ2) is 6.15. The van der Waals surface area contributed by atoms with Gasteiger partial charge in [0.15, 0.2) is 0 Å². The molecule has 2 N–H and O–H groups in total. The smallest absolute Gasteiger partial charge is 0.306 e. The number of carboxylic acids is 1. The van der Waals surface area contributed by atoms with Crippen molar-refractivity contribution >= 4 is 5.97 Å². The number of hydrogen-bond donors (Lipinski definition) is 2. The SMILES string of the molecule is CC(NCC1CCCC1C(=O)O)c1ccc(F)cc1. The molecule has 1 aromatic carbocycles. The van der Waals surface area contributed by atoms with Crippen LogP contribution in [0, 0.1) is 17.7 Å². The van der Waals surface area contributed by atoms with Gasteiger partial charge in [-0.1, -0.05) is 18.6 Å². The Bertz CT molecular complexity index is 432. The van der Waals surface area contributed by atoms with Crippen LogP contribution in [0.25, 0.3) is 0 Å². The molecule has 0 aromatic heterocycles. The van der Waals surface area contributed by atoms with Gasteiger partial charge < -0.3 is 10.4 Å². The topological polar surface area (TPSA) is 49.3 Å². The third-order valence-electron chi connectivity index (χ3n) is 4.03. The molecule has 19 heavy (non-hydrogen) atoms. The third-order valence-corrected chi connectivity index (χ3v) is 4.03. The van der Waals surface area contributed by atoms with Crippen LogP contribution < -0.4 is 5.32 Å². The molecule has 3 nitrogen and oxygen atoms in total. The van der Waals surface area contributed by atoms with Crippen LogP contribution >= 0.6 is 0 Å². The van der Waals surface area contributed by atoms with Gasteiger partial charge in [-0.25, -0.2) is 4.39 Å².